The number of carbonyl (C=O) groups excluding carboxylic acids is 3. The molecular weight excluding hydrogens is 470 g/mol. The lowest BCUT2D eigenvalue weighted by atomic mass is 9.94. The molecule has 1 fully saturated rings. The van der Waals surface area contributed by atoms with Gasteiger partial charge in [0.15, 0.2) is 0 Å². The zero-order valence-corrected chi connectivity index (χ0v) is 21.2. The Morgan fingerprint density at radius 2 is 1.68 bits per heavy atom. The molecule has 7 nitrogen and oxygen atoms in total. The number of hydrogen-bond donors (Lipinski definition) is 1. The van der Waals surface area contributed by atoms with Gasteiger partial charge in [0, 0.05) is 11.3 Å². The number of benzene rings is 3. The molecule has 0 aliphatic carbocycles. The first-order valence-electron chi connectivity index (χ1n) is 12.1. The molecule has 3 aromatic carbocycles. The summed E-state index contributed by atoms with van der Waals surface area (Å²) in [5.41, 5.74) is 2.53. The number of aliphatic hydroxyl groups is 1. The summed E-state index contributed by atoms with van der Waals surface area (Å²) in [4.78, 5) is 40.5. The number of hydrogen-bond acceptors (Lipinski definition) is 6. The Kier molecular flexibility index (Phi) is 7.43. The molecule has 190 valence electrons. The van der Waals surface area contributed by atoms with E-state index in [4.69, 9.17) is 9.47 Å². The summed E-state index contributed by atoms with van der Waals surface area (Å²) >= 11 is 0. The molecule has 1 N–H and O–H groups in total. The minimum Gasteiger partial charge on any atom is -0.507 e. The van der Waals surface area contributed by atoms with Gasteiger partial charge in [-0.05, 0) is 75.7 Å². The fraction of sp³-hybridized carbons (Fsp3) is 0.233. The van der Waals surface area contributed by atoms with Gasteiger partial charge in [0.25, 0.3) is 11.7 Å². The van der Waals surface area contributed by atoms with E-state index in [0.29, 0.717) is 22.6 Å². The number of ether oxygens (including phenoxy) is 2. The number of nitrogens with zero attached hydrogens (tertiary/aromatic N) is 1. The standard InChI is InChI=1S/C30H29NO6/c1-5-36-30(35)22-10-7-11-23(17-22)31-26(21-9-6-8-19(4)16-21)25(28(33)29(31)34)27(32)20-12-14-24(15-13-20)37-18(2)3/h6-18,26,32H,5H2,1-4H3/b27-25+. The van der Waals surface area contributed by atoms with Crippen molar-refractivity contribution in [3.8, 4) is 5.75 Å². The lowest BCUT2D eigenvalue weighted by Crippen LogP contribution is -2.29. The second-order valence-corrected chi connectivity index (χ2v) is 9.05. The van der Waals surface area contributed by atoms with Crippen molar-refractivity contribution in [3.05, 3.63) is 101 Å². The average molecular weight is 500 g/mol. The van der Waals surface area contributed by atoms with Gasteiger partial charge in [-0.2, -0.15) is 0 Å². The Hall–Kier alpha value is -4.39. The Morgan fingerprint density at radius 3 is 2.32 bits per heavy atom. The van der Waals surface area contributed by atoms with E-state index in [9.17, 15) is 19.5 Å². The maximum atomic E-state index is 13.4. The van der Waals surface area contributed by atoms with Crippen LogP contribution in [0.25, 0.3) is 5.76 Å². The fourth-order valence-electron chi connectivity index (χ4n) is 4.37. The van der Waals surface area contributed by atoms with E-state index in [2.05, 4.69) is 0 Å². The molecule has 37 heavy (non-hydrogen) atoms. The van der Waals surface area contributed by atoms with Gasteiger partial charge in [-0.25, -0.2) is 4.79 Å². The van der Waals surface area contributed by atoms with Crippen LogP contribution in [0.15, 0.2) is 78.4 Å². The van der Waals surface area contributed by atoms with Crippen molar-refractivity contribution < 1.29 is 29.0 Å². The predicted molar refractivity (Wildman–Crippen MR) is 141 cm³/mol. The van der Waals surface area contributed by atoms with E-state index in [-0.39, 0.29) is 29.6 Å². The van der Waals surface area contributed by atoms with Gasteiger partial charge in [0.1, 0.15) is 11.5 Å². The quantitative estimate of drug-likeness (QED) is 0.197. The first-order chi connectivity index (χ1) is 17.7. The first kappa shape index (κ1) is 25.7. The molecule has 1 heterocycles. The van der Waals surface area contributed by atoms with Gasteiger partial charge in [-0.15, -0.1) is 0 Å². The average Bonchev–Trinajstić information content (AvgIpc) is 3.14. The van der Waals surface area contributed by atoms with Crippen LogP contribution in [0.3, 0.4) is 0 Å². The number of aryl methyl sites for hydroxylation is 1. The SMILES string of the molecule is CCOC(=O)c1cccc(N2C(=O)C(=O)/C(=C(/O)c3ccc(OC(C)C)cc3)C2c2cccc(C)c2)c1. The van der Waals surface area contributed by atoms with Crippen molar-refractivity contribution in [3.63, 3.8) is 0 Å². The van der Waals surface area contributed by atoms with Crippen molar-refractivity contribution >= 4 is 29.1 Å². The number of Topliss-reactive ketones (excluding diaryl/α,β-unsaturated/α-hetero) is 1. The topological polar surface area (TPSA) is 93.1 Å². The third kappa shape index (κ3) is 5.26. The van der Waals surface area contributed by atoms with E-state index < -0.39 is 23.7 Å². The molecule has 0 spiro atoms. The van der Waals surface area contributed by atoms with Gasteiger partial charge in [-0.3, -0.25) is 14.5 Å². The highest BCUT2D eigenvalue weighted by Crippen LogP contribution is 2.42. The summed E-state index contributed by atoms with van der Waals surface area (Å²) in [6.45, 7) is 7.64. The van der Waals surface area contributed by atoms with Gasteiger partial charge >= 0.3 is 5.97 Å². The van der Waals surface area contributed by atoms with Crippen molar-refractivity contribution in [1.29, 1.82) is 0 Å². The normalized spacial score (nSPS) is 16.8. The molecule has 1 amide bonds. The van der Waals surface area contributed by atoms with Gasteiger partial charge in [-0.1, -0.05) is 35.9 Å². The molecule has 1 aliphatic heterocycles. The summed E-state index contributed by atoms with van der Waals surface area (Å²) in [5, 5.41) is 11.3. The van der Waals surface area contributed by atoms with Crippen LogP contribution in [0.2, 0.25) is 0 Å². The first-order valence-corrected chi connectivity index (χ1v) is 12.1. The summed E-state index contributed by atoms with van der Waals surface area (Å²) in [7, 11) is 0. The highest BCUT2D eigenvalue weighted by molar-refractivity contribution is 6.51. The zero-order valence-electron chi connectivity index (χ0n) is 21.2. The maximum absolute atomic E-state index is 13.4. The van der Waals surface area contributed by atoms with Crippen LogP contribution in [0.5, 0.6) is 5.75 Å². The molecule has 1 aliphatic rings. The van der Waals surface area contributed by atoms with Crippen LogP contribution >= 0.6 is 0 Å². The Bertz CT molecular complexity index is 1370. The maximum Gasteiger partial charge on any atom is 0.338 e. The van der Waals surface area contributed by atoms with Crippen molar-refractivity contribution in [2.24, 2.45) is 0 Å². The Balaban J connectivity index is 1.86. The van der Waals surface area contributed by atoms with Gasteiger partial charge < -0.3 is 14.6 Å². The third-order valence-electron chi connectivity index (χ3n) is 5.94. The van der Waals surface area contributed by atoms with Crippen LogP contribution in [0.1, 0.15) is 53.9 Å². The lowest BCUT2D eigenvalue weighted by molar-refractivity contribution is -0.132. The summed E-state index contributed by atoms with van der Waals surface area (Å²) in [6, 6.07) is 19.6. The van der Waals surface area contributed by atoms with E-state index in [1.165, 1.54) is 11.0 Å². The van der Waals surface area contributed by atoms with Crippen LogP contribution in [0.4, 0.5) is 5.69 Å². The van der Waals surface area contributed by atoms with Crippen LogP contribution in [-0.2, 0) is 14.3 Å². The summed E-state index contributed by atoms with van der Waals surface area (Å²) in [5.74, 6) is -1.80. The molecule has 0 saturated carbocycles. The minimum atomic E-state index is -0.899. The molecule has 7 heteroatoms. The number of rotatable bonds is 7. The number of esters is 1. The Morgan fingerprint density at radius 1 is 0.973 bits per heavy atom. The lowest BCUT2D eigenvalue weighted by Gasteiger charge is -2.26. The minimum absolute atomic E-state index is 0.0172. The second kappa shape index (κ2) is 10.7. The molecule has 0 radical (unpaired) electrons. The molecule has 1 saturated heterocycles. The summed E-state index contributed by atoms with van der Waals surface area (Å²) < 4.78 is 10.8. The fourth-order valence-corrected chi connectivity index (χ4v) is 4.37. The van der Waals surface area contributed by atoms with Crippen molar-refractivity contribution in [2.45, 2.75) is 39.8 Å². The molecule has 0 aromatic heterocycles. The second-order valence-electron chi connectivity index (χ2n) is 9.05. The van der Waals surface area contributed by atoms with Crippen LogP contribution in [0, 0.1) is 6.92 Å². The molecule has 4 rings (SSSR count). The van der Waals surface area contributed by atoms with E-state index in [1.54, 1.807) is 55.5 Å². The smallest absolute Gasteiger partial charge is 0.338 e. The number of aliphatic hydroxyl groups excluding tert-OH is 1. The van der Waals surface area contributed by atoms with Crippen LogP contribution in [-0.4, -0.2) is 35.5 Å². The monoisotopic (exact) mass is 499 g/mol. The predicted octanol–water partition coefficient (Wildman–Crippen LogP) is 5.59. The van der Waals surface area contributed by atoms with Crippen LogP contribution < -0.4 is 9.64 Å². The number of anilines is 1. The van der Waals surface area contributed by atoms with E-state index in [0.717, 1.165) is 5.56 Å². The molecule has 1 unspecified atom stereocenters. The molecular formula is C30H29NO6. The van der Waals surface area contributed by atoms with E-state index >= 15 is 0 Å². The van der Waals surface area contributed by atoms with Crippen molar-refractivity contribution in [2.75, 3.05) is 11.5 Å². The summed E-state index contributed by atoms with van der Waals surface area (Å²) in [6.07, 6.45) is -0.0172. The largest absolute Gasteiger partial charge is 0.507 e. The van der Waals surface area contributed by atoms with E-state index in [1.807, 2.05) is 39.0 Å². The number of carbonyl (C=O) groups is 3. The highest BCUT2D eigenvalue weighted by atomic mass is 16.5. The molecule has 1 atom stereocenters. The van der Waals surface area contributed by atoms with Crippen molar-refractivity contribution in [1.82, 2.24) is 0 Å². The van der Waals surface area contributed by atoms with Gasteiger partial charge in [0.2, 0.25) is 0 Å². The Labute approximate surface area is 215 Å². The number of amides is 1. The molecule has 3 aromatic rings. The molecule has 0 bridgehead atoms. The third-order valence-corrected chi connectivity index (χ3v) is 5.94. The van der Waals surface area contributed by atoms with Gasteiger partial charge in [0.05, 0.1) is 29.9 Å². The zero-order chi connectivity index (χ0) is 26.7. The highest BCUT2D eigenvalue weighted by Gasteiger charge is 2.47. The number of ketones is 1.